The molecule has 27 heavy (non-hydrogen) atoms. The summed E-state index contributed by atoms with van der Waals surface area (Å²) in [5.41, 5.74) is 1.04. The zero-order chi connectivity index (χ0) is 19.1. The largest absolute Gasteiger partial charge is 0.342 e. The lowest BCUT2D eigenvalue weighted by molar-refractivity contribution is -0.134. The third-order valence-electron chi connectivity index (χ3n) is 5.55. The van der Waals surface area contributed by atoms with Crippen LogP contribution < -0.4 is 0 Å². The number of unbranched alkanes of at least 4 members (excludes halogenated alkanes) is 2. The van der Waals surface area contributed by atoms with Crippen LogP contribution in [0.25, 0.3) is 6.08 Å². The quantitative estimate of drug-likeness (QED) is 0.544. The van der Waals surface area contributed by atoms with Gasteiger partial charge < -0.3 is 9.80 Å². The van der Waals surface area contributed by atoms with E-state index in [1.54, 1.807) is 6.08 Å². The third kappa shape index (κ3) is 4.95. The van der Waals surface area contributed by atoms with Gasteiger partial charge >= 0.3 is 0 Å². The summed E-state index contributed by atoms with van der Waals surface area (Å²) < 4.78 is 0. The molecule has 2 aliphatic heterocycles. The van der Waals surface area contributed by atoms with E-state index in [0.717, 1.165) is 63.1 Å². The van der Waals surface area contributed by atoms with Crippen LogP contribution in [-0.4, -0.2) is 51.9 Å². The number of carbonyl (C=O) groups excluding carboxylic acids is 2. The van der Waals surface area contributed by atoms with Crippen LogP contribution in [0.2, 0.25) is 0 Å². The van der Waals surface area contributed by atoms with E-state index in [1.807, 2.05) is 58.0 Å². The van der Waals surface area contributed by atoms with Crippen molar-refractivity contribution in [3.05, 3.63) is 42.0 Å². The first kappa shape index (κ1) is 20.0. The van der Waals surface area contributed by atoms with Gasteiger partial charge in [-0.15, -0.1) is 11.8 Å². The molecule has 2 fully saturated rings. The maximum absolute atomic E-state index is 12.8. The summed E-state index contributed by atoms with van der Waals surface area (Å²) in [5.74, 6) is 1.35. The summed E-state index contributed by atoms with van der Waals surface area (Å²) in [5, 5.41) is 0. The second-order valence-electron chi connectivity index (χ2n) is 7.37. The highest BCUT2D eigenvalue weighted by atomic mass is 32.2. The highest BCUT2D eigenvalue weighted by Crippen LogP contribution is 2.44. The van der Waals surface area contributed by atoms with Crippen LogP contribution in [0.15, 0.2) is 36.4 Å². The van der Waals surface area contributed by atoms with Crippen LogP contribution in [0.1, 0.15) is 51.0 Å². The SMILES string of the molecule is CCCCCC(=O)N1CCC2(CC1)SCCN2C(=O)/C=C/c1ccccc1. The number of hydrogen-bond donors (Lipinski definition) is 0. The molecular weight excluding hydrogens is 356 g/mol. The van der Waals surface area contributed by atoms with E-state index in [2.05, 4.69) is 6.92 Å². The lowest BCUT2D eigenvalue weighted by atomic mass is 10.0. The van der Waals surface area contributed by atoms with E-state index in [4.69, 9.17) is 0 Å². The van der Waals surface area contributed by atoms with Gasteiger partial charge in [-0.05, 0) is 30.9 Å². The average Bonchev–Trinajstić information content (AvgIpc) is 3.10. The van der Waals surface area contributed by atoms with Gasteiger partial charge in [0, 0.05) is 37.9 Å². The number of nitrogens with zero attached hydrogens (tertiary/aromatic N) is 2. The second kappa shape index (κ2) is 9.45. The number of likely N-dealkylation sites (tertiary alicyclic amines) is 1. The number of hydrogen-bond acceptors (Lipinski definition) is 3. The van der Waals surface area contributed by atoms with Gasteiger partial charge in [-0.2, -0.15) is 0 Å². The molecular formula is C22H30N2O2S. The molecule has 1 aromatic carbocycles. The van der Waals surface area contributed by atoms with E-state index < -0.39 is 0 Å². The molecule has 146 valence electrons. The van der Waals surface area contributed by atoms with Crippen molar-refractivity contribution in [2.24, 2.45) is 0 Å². The molecule has 5 heteroatoms. The van der Waals surface area contributed by atoms with Crippen molar-refractivity contribution in [3.8, 4) is 0 Å². The monoisotopic (exact) mass is 386 g/mol. The summed E-state index contributed by atoms with van der Waals surface area (Å²) in [7, 11) is 0. The molecule has 2 saturated heterocycles. The van der Waals surface area contributed by atoms with Crippen LogP contribution in [0, 0.1) is 0 Å². The van der Waals surface area contributed by atoms with Gasteiger partial charge in [-0.3, -0.25) is 9.59 Å². The molecule has 0 aliphatic carbocycles. The van der Waals surface area contributed by atoms with Crippen molar-refractivity contribution in [2.45, 2.75) is 50.3 Å². The maximum Gasteiger partial charge on any atom is 0.247 e. The van der Waals surface area contributed by atoms with Gasteiger partial charge in [-0.1, -0.05) is 50.1 Å². The Bertz CT molecular complexity index is 666. The molecule has 0 N–H and O–H groups in total. The zero-order valence-corrected chi connectivity index (χ0v) is 17.0. The van der Waals surface area contributed by atoms with Crippen molar-refractivity contribution in [1.29, 1.82) is 0 Å². The lowest BCUT2D eigenvalue weighted by Crippen LogP contribution is -2.53. The van der Waals surface area contributed by atoms with Gasteiger partial charge in [0.05, 0.1) is 4.87 Å². The molecule has 0 unspecified atom stereocenters. The topological polar surface area (TPSA) is 40.6 Å². The predicted octanol–water partition coefficient (Wildman–Crippen LogP) is 4.17. The molecule has 0 bridgehead atoms. The van der Waals surface area contributed by atoms with Crippen molar-refractivity contribution >= 4 is 29.7 Å². The van der Waals surface area contributed by atoms with Crippen molar-refractivity contribution < 1.29 is 9.59 Å². The maximum atomic E-state index is 12.8. The molecule has 1 aromatic rings. The minimum Gasteiger partial charge on any atom is -0.342 e. The lowest BCUT2D eigenvalue weighted by Gasteiger charge is -2.43. The Kier molecular flexibility index (Phi) is 7.00. The van der Waals surface area contributed by atoms with Crippen LogP contribution in [0.4, 0.5) is 0 Å². The smallest absolute Gasteiger partial charge is 0.247 e. The van der Waals surface area contributed by atoms with E-state index in [-0.39, 0.29) is 16.7 Å². The first-order valence-corrected chi connectivity index (χ1v) is 11.1. The third-order valence-corrected chi connectivity index (χ3v) is 7.11. The van der Waals surface area contributed by atoms with Crippen LogP contribution in [0.3, 0.4) is 0 Å². The number of rotatable bonds is 6. The van der Waals surface area contributed by atoms with Crippen LogP contribution in [0.5, 0.6) is 0 Å². The van der Waals surface area contributed by atoms with E-state index in [0.29, 0.717) is 6.42 Å². The summed E-state index contributed by atoms with van der Waals surface area (Å²) in [6, 6.07) is 9.93. The first-order chi connectivity index (χ1) is 13.1. The van der Waals surface area contributed by atoms with Crippen LogP contribution >= 0.6 is 11.8 Å². The number of carbonyl (C=O) groups is 2. The fraction of sp³-hybridized carbons (Fsp3) is 0.545. The second-order valence-corrected chi connectivity index (χ2v) is 8.82. The summed E-state index contributed by atoms with van der Waals surface area (Å²) in [6.45, 7) is 4.49. The highest BCUT2D eigenvalue weighted by Gasteiger charge is 2.46. The number of benzene rings is 1. The molecule has 2 amide bonds. The van der Waals surface area contributed by atoms with E-state index >= 15 is 0 Å². The molecule has 0 radical (unpaired) electrons. The van der Waals surface area contributed by atoms with Gasteiger partial charge in [0.25, 0.3) is 0 Å². The molecule has 3 rings (SSSR count). The molecule has 2 heterocycles. The van der Waals surface area contributed by atoms with Crippen molar-refractivity contribution in [3.63, 3.8) is 0 Å². The fourth-order valence-corrected chi connectivity index (χ4v) is 5.41. The molecule has 1 spiro atoms. The summed E-state index contributed by atoms with van der Waals surface area (Å²) >= 11 is 1.89. The van der Waals surface area contributed by atoms with Crippen LogP contribution in [-0.2, 0) is 9.59 Å². The van der Waals surface area contributed by atoms with Gasteiger partial charge in [0.1, 0.15) is 0 Å². The average molecular weight is 387 g/mol. The molecule has 4 nitrogen and oxygen atoms in total. The van der Waals surface area contributed by atoms with Gasteiger partial charge in [0.2, 0.25) is 11.8 Å². The highest BCUT2D eigenvalue weighted by molar-refractivity contribution is 8.00. The molecule has 0 aromatic heterocycles. The zero-order valence-electron chi connectivity index (χ0n) is 16.2. The Labute approximate surface area is 167 Å². The standard InChI is InChI=1S/C22H30N2O2S/c1-2-3-5-10-20(25)23-15-13-22(14-16-23)24(17-18-27-22)21(26)12-11-19-8-6-4-7-9-19/h4,6-9,11-12H,2-3,5,10,13-18H2,1H3/b12-11+. The first-order valence-electron chi connectivity index (χ1n) is 10.1. The molecule has 0 atom stereocenters. The van der Waals surface area contributed by atoms with Gasteiger partial charge in [0.15, 0.2) is 0 Å². The van der Waals surface area contributed by atoms with E-state index in [1.165, 1.54) is 0 Å². The Morgan fingerprint density at radius 1 is 1.11 bits per heavy atom. The number of thioether (sulfide) groups is 1. The van der Waals surface area contributed by atoms with Crippen molar-refractivity contribution in [1.82, 2.24) is 9.80 Å². The van der Waals surface area contributed by atoms with Crippen molar-refractivity contribution in [2.75, 3.05) is 25.4 Å². The molecule has 0 saturated carbocycles. The Morgan fingerprint density at radius 2 is 1.85 bits per heavy atom. The Morgan fingerprint density at radius 3 is 2.56 bits per heavy atom. The molecule has 2 aliphatic rings. The predicted molar refractivity (Wildman–Crippen MR) is 112 cm³/mol. The normalized spacial score (nSPS) is 19.1. The summed E-state index contributed by atoms with van der Waals surface area (Å²) in [6.07, 6.45) is 9.26. The van der Waals surface area contributed by atoms with Gasteiger partial charge in [-0.25, -0.2) is 0 Å². The Hall–Kier alpha value is -1.75. The minimum absolute atomic E-state index is 0.0894. The Balaban J connectivity index is 1.57. The van der Waals surface area contributed by atoms with E-state index in [9.17, 15) is 9.59 Å². The summed E-state index contributed by atoms with van der Waals surface area (Å²) in [4.78, 5) is 29.1. The number of amides is 2. The number of piperidine rings is 1. The minimum atomic E-state index is -0.127. The fourth-order valence-electron chi connectivity index (χ4n) is 3.95.